The molecule has 0 saturated carbocycles. The molecule has 22 heavy (non-hydrogen) atoms. The summed E-state index contributed by atoms with van der Waals surface area (Å²) in [6, 6.07) is 7.17. The summed E-state index contributed by atoms with van der Waals surface area (Å²) >= 11 is 1.01. The number of carbonyl (C=O) groups excluding carboxylic acids is 3. The molecule has 118 valence electrons. The number of imide groups is 1. The number of amides is 3. The van der Waals surface area contributed by atoms with E-state index >= 15 is 0 Å². The van der Waals surface area contributed by atoms with Gasteiger partial charge in [-0.05, 0) is 31.7 Å². The van der Waals surface area contributed by atoms with Crippen LogP contribution in [0.4, 0.5) is 4.79 Å². The van der Waals surface area contributed by atoms with Gasteiger partial charge in [-0.1, -0.05) is 23.9 Å². The van der Waals surface area contributed by atoms with Crippen molar-refractivity contribution in [3.63, 3.8) is 0 Å². The Morgan fingerprint density at radius 1 is 1.41 bits per heavy atom. The summed E-state index contributed by atoms with van der Waals surface area (Å²) in [4.78, 5) is 36.5. The minimum absolute atomic E-state index is 0.169. The molecule has 3 amide bonds. The van der Waals surface area contributed by atoms with Gasteiger partial charge in [0.1, 0.15) is 0 Å². The van der Waals surface area contributed by atoms with Gasteiger partial charge in [0.2, 0.25) is 5.91 Å². The third-order valence-corrected chi connectivity index (χ3v) is 4.29. The van der Waals surface area contributed by atoms with Crippen molar-refractivity contribution in [3.8, 4) is 0 Å². The standard InChI is InChI=1S/C15H19N3O3S/c1-10(16-2)7-17-14(20)12-5-3-4-11(6-12)8-18-13(19)9-22-15(18)21/h3-6,10,16H,7-9H2,1-2H3,(H,17,20). The van der Waals surface area contributed by atoms with Crippen LogP contribution in [0.2, 0.25) is 0 Å². The Bertz CT molecular complexity index is 575. The van der Waals surface area contributed by atoms with Crippen LogP contribution in [0.3, 0.4) is 0 Å². The Morgan fingerprint density at radius 3 is 2.82 bits per heavy atom. The maximum atomic E-state index is 12.1. The van der Waals surface area contributed by atoms with Crippen LogP contribution >= 0.6 is 11.8 Å². The SMILES string of the molecule is CNC(C)CNC(=O)c1cccc(CN2C(=O)CSC2=O)c1. The first-order valence-corrected chi connectivity index (χ1v) is 8.01. The largest absolute Gasteiger partial charge is 0.350 e. The first kappa shape index (κ1) is 16.5. The number of rotatable bonds is 6. The predicted molar refractivity (Wildman–Crippen MR) is 85.7 cm³/mol. The van der Waals surface area contributed by atoms with Gasteiger partial charge in [0, 0.05) is 18.2 Å². The molecule has 2 N–H and O–H groups in total. The quantitative estimate of drug-likeness (QED) is 0.824. The number of nitrogens with one attached hydrogen (secondary N) is 2. The fourth-order valence-corrected chi connectivity index (χ4v) is 2.70. The fraction of sp³-hybridized carbons (Fsp3) is 0.400. The van der Waals surface area contributed by atoms with E-state index in [9.17, 15) is 14.4 Å². The molecule has 0 aromatic heterocycles. The Kier molecular flexibility index (Phi) is 5.57. The summed E-state index contributed by atoms with van der Waals surface area (Å²) in [7, 11) is 1.83. The lowest BCUT2D eigenvalue weighted by atomic mass is 10.1. The van der Waals surface area contributed by atoms with Crippen molar-refractivity contribution in [2.45, 2.75) is 19.5 Å². The van der Waals surface area contributed by atoms with Gasteiger partial charge in [-0.25, -0.2) is 0 Å². The third-order valence-electron chi connectivity index (χ3n) is 3.43. The Balaban J connectivity index is 2.02. The number of thioether (sulfide) groups is 1. The van der Waals surface area contributed by atoms with Crippen LogP contribution in [-0.2, 0) is 11.3 Å². The lowest BCUT2D eigenvalue weighted by molar-refractivity contribution is -0.125. The smallest absolute Gasteiger partial charge is 0.289 e. The average molecular weight is 321 g/mol. The molecular weight excluding hydrogens is 302 g/mol. The van der Waals surface area contributed by atoms with E-state index in [1.54, 1.807) is 24.3 Å². The third kappa shape index (κ3) is 4.08. The van der Waals surface area contributed by atoms with Crippen LogP contribution in [-0.4, -0.2) is 47.3 Å². The molecule has 1 aromatic rings. The van der Waals surface area contributed by atoms with Gasteiger partial charge < -0.3 is 10.6 Å². The van der Waals surface area contributed by atoms with E-state index in [1.165, 1.54) is 4.90 Å². The number of carbonyl (C=O) groups is 3. The summed E-state index contributed by atoms with van der Waals surface area (Å²) in [6.45, 7) is 2.71. The van der Waals surface area contributed by atoms with Crippen molar-refractivity contribution in [1.82, 2.24) is 15.5 Å². The highest BCUT2D eigenvalue weighted by atomic mass is 32.2. The maximum absolute atomic E-state index is 12.1. The minimum Gasteiger partial charge on any atom is -0.350 e. The molecule has 1 saturated heterocycles. The highest BCUT2D eigenvalue weighted by Gasteiger charge is 2.29. The average Bonchev–Trinajstić information content (AvgIpc) is 2.84. The van der Waals surface area contributed by atoms with Gasteiger partial charge in [0.05, 0.1) is 12.3 Å². The number of benzene rings is 1. The molecule has 1 heterocycles. The van der Waals surface area contributed by atoms with Crippen molar-refractivity contribution in [2.24, 2.45) is 0 Å². The molecule has 7 heteroatoms. The normalized spacial score (nSPS) is 16.0. The molecular formula is C15H19N3O3S. The monoisotopic (exact) mass is 321 g/mol. The van der Waals surface area contributed by atoms with Gasteiger partial charge in [0.25, 0.3) is 11.1 Å². The molecule has 1 fully saturated rings. The van der Waals surface area contributed by atoms with Crippen LogP contribution in [0.1, 0.15) is 22.8 Å². The molecule has 0 spiro atoms. The molecule has 1 aliphatic rings. The van der Waals surface area contributed by atoms with Crippen LogP contribution in [0, 0.1) is 0 Å². The highest BCUT2D eigenvalue weighted by molar-refractivity contribution is 8.14. The molecule has 0 aliphatic carbocycles. The van der Waals surface area contributed by atoms with Crippen LogP contribution < -0.4 is 10.6 Å². The van der Waals surface area contributed by atoms with Crippen LogP contribution in [0.15, 0.2) is 24.3 Å². The number of hydrogen-bond acceptors (Lipinski definition) is 5. The molecule has 0 radical (unpaired) electrons. The molecule has 1 unspecified atom stereocenters. The summed E-state index contributed by atoms with van der Waals surface area (Å²) in [5.74, 6) is -0.161. The van der Waals surface area contributed by atoms with Crippen LogP contribution in [0.25, 0.3) is 0 Å². The van der Waals surface area contributed by atoms with Gasteiger partial charge in [-0.2, -0.15) is 0 Å². The zero-order valence-electron chi connectivity index (χ0n) is 12.6. The lowest BCUT2D eigenvalue weighted by Gasteiger charge is -2.14. The van der Waals surface area contributed by atoms with Crippen molar-refractivity contribution in [2.75, 3.05) is 19.3 Å². The molecule has 1 atom stereocenters. The summed E-state index contributed by atoms with van der Waals surface area (Å²) in [5.41, 5.74) is 1.28. The summed E-state index contributed by atoms with van der Waals surface area (Å²) in [6.07, 6.45) is 0. The van der Waals surface area contributed by atoms with Crippen LogP contribution in [0.5, 0.6) is 0 Å². The molecule has 1 aliphatic heterocycles. The van der Waals surface area contributed by atoms with E-state index in [0.29, 0.717) is 12.1 Å². The topological polar surface area (TPSA) is 78.5 Å². The molecule has 1 aromatic carbocycles. The van der Waals surface area contributed by atoms with E-state index in [0.717, 1.165) is 17.3 Å². The first-order valence-electron chi connectivity index (χ1n) is 7.02. The first-order chi connectivity index (χ1) is 10.5. The second kappa shape index (κ2) is 7.42. The second-order valence-electron chi connectivity index (χ2n) is 5.13. The number of nitrogens with zero attached hydrogens (tertiary/aromatic N) is 1. The van der Waals surface area contributed by atoms with Gasteiger partial charge >= 0.3 is 0 Å². The Labute approximate surface area is 133 Å². The second-order valence-corrected chi connectivity index (χ2v) is 6.06. The van der Waals surface area contributed by atoms with Crippen molar-refractivity contribution >= 4 is 28.8 Å². The molecule has 0 bridgehead atoms. The van der Waals surface area contributed by atoms with E-state index in [1.807, 2.05) is 14.0 Å². The highest BCUT2D eigenvalue weighted by Crippen LogP contribution is 2.21. The summed E-state index contributed by atoms with van der Waals surface area (Å²) < 4.78 is 0. The minimum atomic E-state index is -0.234. The van der Waals surface area contributed by atoms with E-state index < -0.39 is 0 Å². The number of hydrogen-bond donors (Lipinski definition) is 2. The predicted octanol–water partition coefficient (Wildman–Crippen LogP) is 1.22. The van der Waals surface area contributed by atoms with Gasteiger partial charge in [-0.3, -0.25) is 19.3 Å². The Hall–Kier alpha value is -1.86. The summed E-state index contributed by atoms with van der Waals surface area (Å²) in [5, 5.41) is 5.64. The number of likely N-dealkylation sites (N-methyl/N-ethyl adjacent to an activating group) is 1. The van der Waals surface area contributed by atoms with Gasteiger partial charge in [-0.15, -0.1) is 0 Å². The maximum Gasteiger partial charge on any atom is 0.289 e. The van der Waals surface area contributed by atoms with Crippen molar-refractivity contribution in [3.05, 3.63) is 35.4 Å². The fourth-order valence-electron chi connectivity index (χ4n) is 1.98. The zero-order chi connectivity index (χ0) is 16.1. The van der Waals surface area contributed by atoms with Crippen molar-refractivity contribution < 1.29 is 14.4 Å². The lowest BCUT2D eigenvalue weighted by Crippen LogP contribution is -2.37. The van der Waals surface area contributed by atoms with Gasteiger partial charge in [0.15, 0.2) is 0 Å². The van der Waals surface area contributed by atoms with E-state index in [2.05, 4.69) is 10.6 Å². The van der Waals surface area contributed by atoms with Crippen molar-refractivity contribution in [1.29, 1.82) is 0 Å². The van der Waals surface area contributed by atoms with E-state index in [4.69, 9.17) is 0 Å². The Morgan fingerprint density at radius 2 is 2.18 bits per heavy atom. The zero-order valence-corrected chi connectivity index (χ0v) is 13.4. The van der Waals surface area contributed by atoms with E-state index in [-0.39, 0.29) is 35.4 Å². The molecule has 6 nitrogen and oxygen atoms in total. The molecule has 2 rings (SSSR count).